The van der Waals surface area contributed by atoms with Gasteiger partial charge in [-0.3, -0.25) is 4.79 Å². The minimum absolute atomic E-state index is 0.212. The summed E-state index contributed by atoms with van der Waals surface area (Å²) in [5.74, 6) is -0.212. The van der Waals surface area contributed by atoms with Crippen molar-refractivity contribution in [2.75, 3.05) is 0 Å². The lowest BCUT2D eigenvalue weighted by Gasteiger charge is -2.10. The Balaban J connectivity index is 1.55. The van der Waals surface area contributed by atoms with Gasteiger partial charge in [0, 0.05) is 30.1 Å². The Labute approximate surface area is 164 Å². The fraction of sp³-hybridized carbons (Fsp3) is 0.0833. The second-order valence-electron chi connectivity index (χ2n) is 6.60. The molecule has 28 heavy (non-hydrogen) atoms. The van der Waals surface area contributed by atoms with Gasteiger partial charge in [0.2, 0.25) is 0 Å². The van der Waals surface area contributed by atoms with Crippen molar-refractivity contribution in [2.24, 2.45) is 5.10 Å². The van der Waals surface area contributed by atoms with Gasteiger partial charge < -0.3 is 4.57 Å². The molecule has 0 unspecified atom stereocenters. The van der Waals surface area contributed by atoms with E-state index in [-0.39, 0.29) is 5.91 Å². The molecule has 1 N–H and O–H groups in total. The van der Waals surface area contributed by atoms with Crippen LogP contribution in [0.15, 0.2) is 96.1 Å². The zero-order valence-corrected chi connectivity index (χ0v) is 15.5. The summed E-state index contributed by atoms with van der Waals surface area (Å²) in [4.78, 5) is 12.8. The molecule has 1 aromatic heterocycles. The molecule has 0 bridgehead atoms. The number of carbonyl (C=O) groups excluding carboxylic acids is 1. The molecule has 3 aromatic carbocycles. The predicted molar refractivity (Wildman–Crippen MR) is 114 cm³/mol. The quantitative estimate of drug-likeness (QED) is 0.391. The molecule has 0 atom stereocenters. The van der Waals surface area contributed by atoms with Crippen LogP contribution in [0.4, 0.5) is 0 Å². The van der Waals surface area contributed by atoms with Crippen LogP contribution in [0.25, 0.3) is 10.9 Å². The number of hydrogen-bond acceptors (Lipinski definition) is 2. The summed E-state index contributed by atoms with van der Waals surface area (Å²) in [6.07, 6.45) is 2.39. The van der Waals surface area contributed by atoms with Crippen LogP contribution in [0.2, 0.25) is 0 Å². The van der Waals surface area contributed by atoms with Gasteiger partial charge in [-0.2, -0.15) is 5.10 Å². The summed E-state index contributed by atoms with van der Waals surface area (Å²) in [5.41, 5.74) is 6.59. The number of carbonyl (C=O) groups is 1. The lowest BCUT2D eigenvalue weighted by molar-refractivity contribution is 0.0946. The van der Waals surface area contributed by atoms with Crippen LogP contribution in [0.5, 0.6) is 0 Å². The van der Waals surface area contributed by atoms with Gasteiger partial charge in [-0.15, -0.1) is 0 Å². The first-order chi connectivity index (χ1) is 13.8. The van der Waals surface area contributed by atoms with E-state index in [1.807, 2.05) is 83.4 Å². The second kappa shape index (κ2) is 8.35. The Morgan fingerprint density at radius 1 is 0.857 bits per heavy atom. The van der Waals surface area contributed by atoms with E-state index < -0.39 is 0 Å². The van der Waals surface area contributed by atoms with Crippen molar-refractivity contribution in [1.82, 2.24) is 9.99 Å². The minimum atomic E-state index is -0.212. The Kier molecular flexibility index (Phi) is 5.29. The average molecular weight is 367 g/mol. The Morgan fingerprint density at radius 2 is 1.50 bits per heavy atom. The lowest BCUT2D eigenvalue weighted by atomic mass is 10.2. The van der Waals surface area contributed by atoms with Gasteiger partial charge in [-0.25, -0.2) is 5.43 Å². The third-order valence-electron chi connectivity index (χ3n) is 4.65. The van der Waals surface area contributed by atoms with E-state index >= 15 is 0 Å². The highest BCUT2D eigenvalue weighted by atomic mass is 16.2. The second-order valence-corrected chi connectivity index (χ2v) is 6.60. The van der Waals surface area contributed by atoms with E-state index in [0.717, 1.165) is 22.0 Å². The van der Waals surface area contributed by atoms with Crippen LogP contribution < -0.4 is 5.43 Å². The molecule has 0 aliphatic heterocycles. The standard InChI is InChI=1S/C24H21N3O/c28-24(26-25-16-15-19-9-3-1-4-10-19)23-17-21-13-7-8-14-22(21)27(23)18-20-11-5-2-6-12-20/h1-14,16-17H,15,18H2,(H,26,28)/b25-16+. The van der Waals surface area contributed by atoms with Crippen molar-refractivity contribution in [3.63, 3.8) is 0 Å². The highest BCUT2D eigenvalue weighted by Gasteiger charge is 2.15. The van der Waals surface area contributed by atoms with E-state index in [4.69, 9.17) is 0 Å². The van der Waals surface area contributed by atoms with E-state index in [9.17, 15) is 4.79 Å². The number of rotatable bonds is 6. The highest BCUT2D eigenvalue weighted by Crippen LogP contribution is 2.21. The molecule has 1 heterocycles. The zero-order chi connectivity index (χ0) is 19.2. The molecule has 4 heteroatoms. The molecule has 4 rings (SSSR count). The molecule has 1 amide bonds. The van der Waals surface area contributed by atoms with Crippen LogP contribution in [-0.2, 0) is 13.0 Å². The van der Waals surface area contributed by atoms with Gasteiger partial charge >= 0.3 is 0 Å². The van der Waals surface area contributed by atoms with Crippen molar-refractivity contribution in [3.8, 4) is 0 Å². The number of fused-ring (bicyclic) bond motifs is 1. The molecule has 0 saturated carbocycles. The van der Waals surface area contributed by atoms with Crippen LogP contribution in [-0.4, -0.2) is 16.7 Å². The molecule has 0 aliphatic carbocycles. The van der Waals surface area contributed by atoms with E-state index in [1.54, 1.807) is 6.21 Å². The summed E-state index contributed by atoms with van der Waals surface area (Å²) in [6, 6.07) is 30.1. The maximum atomic E-state index is 12.8. The van der Waals surface area contributed by atoms with Crippen LogP contribution >= 0.6 is 0 Å². The molecule has 0 aliphatic rings. The van der Waals surface area contributed by atoms with Gasteiger partial charge in [0.1, 0.15) is 5.69 Å². The Hall–Kier alpha value is -3.66. The molecule has 0 fully saturated rings. The highest BCUT2D eigenvalue weighted by molar-refractivity contribution is 5.99. The van der Waals surface area contributed by atoms with Crippen molar-refractivity contribution in [2.45, 2.75) is 13.0 Å². The molecular formula is C24H21N3O. The van der Waals surface area contributed by atoms with Gasteiger partial charge in [-0.1, -0.05) is 78.9 Å². The first-order valence-corrected chi connectivity index (χ1v) is 9.29. The predicted octanol–water partition coefficient (Wildman–Crippen LogP) is 4.65. The van der Waals surface area contributed by atoms with Crippen LogP contribution in [0.3, 0.4) is 0 Å². The lowest BCUT2D eigenvalue weighted by Crippen LogP contribution is -2.21. The summed E-state index contributed by atoms with van der Waals surface area (Å²) in [5, 5.41) is 5.16. The number of para-hydroxylation sites is 1. The van der Waals surface area contributed by atoms with Gasteiger partial charge in [0.15, 0.2) is 0 Å². The Bertz CT molecular complexity index is 1100. The van der Waals surface area contributed by atoms with Gasteiger partial charge in [0.05, 0.1) is 0 Å². The average Bonchev–Trinajstić information content (AvgIpc) is 3.11. The van der Waals surface area contributed by atoms with Crippen molar-refractivity contribution >= 4 is 23.0 Å². The number of aromatic nitrogens is 1. The van der Waals surface area contributed by atoms with Crippen LogP contribution in [0, 0.1) is 0 Å². The summed E-state index contributed by atoms with van der Waals surface area (Å²) in [6.45, 7) is 0.630. The third-order valence-corrected chi connectivity index (χ3v) is 4.65. The summed E-state index contributed by atoms with van der Waals surface area (Å²) in [7, 11) is 0. The van der Waals surface area contributed by atoms with Gasteiger partial charge in [-0.05, 0) is 23.3 Å². The van der Waals surface area contributed by atoms with E-state index in [0.29, 0.717) is 18.7 Å². The van der Waals surface area contributed by atoms with Crippen LogP contribution in [0.1, 0.15) is 21.6 Å². The maximum absolute atomic E-state index is 12.8. The van der Waals surface area contributed by atoms with Crippen molar-refractivity contribution < 1.29 is 4.79 Å². The minimum Gasteiger partial charge on any atom is -0.332 e. The molecule has 138 valence electrons. The Morgan fingerprint density at radius 3 is 2.25 bits per heavy atom. The maximum Gasteiger partial charge on any atom is 0.288 e. The van der Waals surface area contributed by atoms with Crippen molar-refractivity contribution in [1.29, 1.82) is 0 Å². The monoisotopic (exact) mass is 367 g/mol. The molecule has 0 radical (unpaired) electrons. The van der Waals surface area contributed by atoms with Crippen molar-refractivity contribution in [3.05, 3.63) is 108 Å². The largest absolute Gasteiger partial charge is 0.332 e. The SMILES string of the molecule is O=C(N/N=C/Cc1ccccc1)c1cc2ccccc2n1Cc1ccccc1. The van der Waals surface area contributed by atoms with Gasteiger partial charge in [0.25, 0.3) is 5.91 Å². The number of nitrogens with one attached hydrogen (secondary N) is 1. The first-order valence-electron chi connectivity index (χ1n) is 9.29. The molecular weight excluding hydrogens is 346 g/mol. The first kappa shape index (κ1) is 17.7. The summed E-state index contributed by atoms with van der Waals surface area (Å²) < 4.78 is 2.03. The number of nitrogens with zero attached hydrogens (tertiary/aromatic N) is 2. The van der Waals surface area contributed by atoms with E-state index in [2.05, 4.69) is 22.7 Å². The molecule has 4 aromatic rings. The number of amides is 1. The number of hydrogen-bond donors (Lipinski definition) is 1. The zero-order valence-electron chi connectivity index (χ0n) is 15.5. The molecule has 0 spiro atoms. The fourth-order valence-electron chi connectivity index (χ4n) is 3.26. The third kappa shape index (κ3) is 4.01. The topological polar surface area (TPSA) is 46.4 Å². The molecule has 0 saturated heterocycles. The van der Waals surface area contributed by atoms with E-state index in [1.165, 1.54) is 0 Å². The number of hydrazone groups is 1. The molecule has 4 nitrogen and oxygen atoms in total. The normalized spacial score (nSPS) is 11.1. The fourth-order valence-corrected chi connectivity index (χ4v) is 3.26. The summed E-state index contributed by atoms with van der Waals surface area (Å²) >= 11 is 0. The smallest absolute Gasteiger partial charge is 0.288 e. The number of benzene rings is 3.